The molecule has 1 N–H and O–H groups in total. The number of hydrogen-bond acceptors (Lipinski definition) is 2. The van der Waals surface area contributed by atoms with E-state index in [9.17, 15) is 0 Å². The summed E-state index contributed by atoms with van der Waals surface area (Å²) in [5, 5.41) is 3.44. The Hall–Kier alpha value is -0.830. The molecule has 3 unspecified atom stereocenters. The van der Waals surface area contributed by atoms with Crippen LogP contribution in [0.2, 0.25) is 0 Å². The second-order valence-electron chi connectivity index (χ2n) is 5.27. The lowest BCUT2D eigenvalue weighted by atomic mass is 10.1. The van der Waals surface area contributed by atoms with Gasteiger partial charge in [-0.1, -0.05) is 13.3 Å². The van der Waals surface area contributed by atoms with Crippen LogP contribution in [0, 0.1) is 5.92 Å². The predicted octanol–water partition coefficient (Wildman–Crippen LogP) is 2.32. The predicted molar refractivity (Wildman–Crippen MR) is 64.5 cm³/mol. The first-order chi connectivity index (χ1) is 7.90. The fraction of sp³-hybridized carbons (Fsp3) is 0.769. The summed E-state index contributed by atoms with van der Waals surface area (Å²) in [5.74, 6) is 1.62. The van der Waals surface area contributed by atoms with Gasteiger partial charge in [0, 0.05) is 30.4 Å². The largest absolute Gasteiger partial charge is 0.331 e. The van der Waals surface area contributed by atoms with Crippen LogP contribution >= 0.6 is 0 Å². The van der Waals surface area contributed by atoms with Crippen LogP contribution in [0.4, 0.5) is 0 Å². The van der Waals surface area contributed by atoms with E-state index >= 15 is 0 Å². The first-order valence-corrected chi connectivity index (χ1v) is 6.62. The lowest BCUT2D eigenvalue weighted by Crippen LogP contribution is -2.11. The zero-order chi connectivity index (χ0) is 11.0. The van der Waals surface area contributed by atoms with Gasteiger partial charge in [0.25, 0.3) is 0 Å². The van der Waals surface area contributed by atoms with Gasteiger partial charge in [0.2, 0.25) is 0 Å². The molecule has 0 bridgehead atoms. The van der Waals surface area contributed by atoms with E-state index in [0.717, 1.165) is 18.5 Å². The molecule has 0 amide bonds. The van der Waals surface area contributed by atoms with Gasteiger partial charge in [-0.2, -0.15) is 0 Å². The summed E-state index contributed by atoms with van der Waals surface area (Å²) in [5.41, 5.74) is 1.47. The average molecular weight is 219 g/mol. The number of aromatic nitrogens is 2. The molecule has 0 spiro atoms. The van der Waals surface area contributed by atoms with Crippen molar-refractivity contribution in [1.29, 1.82) is 0 Å². The number of imidazole rings is 1. The van der Waals surface area contributed by atoms with Gasteiger partial charge >= 0.3 is 0 Å². The Kier molecular flexibility index (Phi) is 2.72. The third-order valence-electron chi connectivity index (χ3n) is 4.08. The van der Waals surface area contributed by atoms with Crippen molar-refractivity contribution in [2.75, 3.05) is 13.1 Å². The highest BCUT2D eigenvalue weighted by molar-refractivity contribution is 5.13. The number of hydrogen-bond donors (Lipinski definition) is 1. The first-order valence-electron chi connectivity index (χ1n) is 6.62. The smallest absolute Gasteiger partial charge is 0.0950 e. The van der Waals surface area contributed by atoms with Gasteiger partial charge in [0.05, 0.1) is 6.33 Å². The maximum absolute atomic E-state index is 4.36. The highest BCUT2D eigenvalue weighted by atomic mass is 15.1. The molecular weight excluding hydrogens is 198 g/mol. The minimum atomic E-state index is 0.699. The number of nitrogens with one attached hydrogen (secondary N) is 1. The molecule has 3 rings (SSSR count). The molecule has 88 valence electrons. The van der Waals surface area contributed by atoms with Crippen molar-refractivity contribution in [2.24, 2.45) is 5.92 Å². The van der Waals surface area contributed by atoms with Crippen molar-refractivity contribution < 1.29 is 0 Å². The van der Waals surface area contributed by atoms with Crippen molar-refractivity contribution in [3.63, 3.8) is 0 Å². The fourth-order valence-electron chi connectivity index (χ4n) is 3.07. The van der Waals surface area contributed by atoms with Crippen LogP contribution in [-0.2, 0) is 0 Å². The molecule has 1 aliphatic heterocycles. The lowest BCUT2D eigenvalue weighted by molar-refractivity contribution is 0.569. The highest BCUT2D eigenvalue weighted by Crippen LogP contribution is 2.47. The summed E-state index contributed by atoms with van der Waals surface area (Å²) in [7, 11) is 0. The summed E-state index contributed by atoms with van der Waals surface area (Å²) in [6, 6.07) is 0.762. The monoisotopic (exact) mass is 219 g/mol. The SMILES string of the molecule is CCCC1CC1n1cncc1C1CCNC1. The van der Waals surface area contributed by atoms with Crippen molar-refractivity contribution in [3.05, 3.63) is 18.2 Å². The molecule has 1 saturated heterocycles. The van der Waals surface area contributed by atoms with E-state index in [1.54, 1.807) is 0 Å². The van der Waals surface area contributed by atoms with Crippen molar-refractivity contribution >= 4 is 0 Å². The van der Waals surface area contributed by atoms with Crippen molar-refractivity contribution in [2.45, 2.75) is 44.6 Å². The normalized spacial score (nSPS) is 33.2. The molecule has 0 aromatic carbocycles. The molecule has 2 heterocycles. The number of rotatable bonds is 4. The second kappa shape index (κ2) is 4.21. The Morgan fingerprint density at radius 1 is 1.56 bits per heavy atom. The van der Waals surface area contributed by atoms with Gasteiger partial charge in [0.1, 0.15) is 0 Å². The molecular formula is C13H21N3. The summed E-state index contributed by atoms with van der Waals surface area (Å²) in [4.78, 5) is 4.36. The van der Waals surface area contributed by atoms with Crippen LogP contribution in [0.5, 0.6) is 0 Å². The van der Waals surface area contributed by atoms with E-state index in [0.29, 0.717) is 5.92 Å². The maximum atomic E-state index is 4.36. The zero-order valence-corrected chi connectivity index (χ0v) is 10.0. The van der Waals surface area contributed by atoms with Crippen LogP contribution in [-0.4, -0.2) is 22.6 Å². The van der Waals surface area contributed by atoms with E-state index in [1.807, 2.05) is 6.33 Å². The Morgan fingerprint density at radius 2 is 2.50 bits per heavy atom. The van der Waals surface area contributed by atoms with E-state index in [2.05, 4.69) is 28.0 Å². The van der Waals surface area contributed by atoms with E-state index in [1.165, 1.54) is 37.9 Å². The number of nitrogens with zero attached hydrogens (tertiary/aromatic N) is 2. The second-order valence-corrected chi connectivity index (χ2v) is 5.27. The van der Waals surface area contributed by atoms with Gasteiger partial charge in [-0.3, -0.25) is 0 Å². The molecule has 1 aromatic rings. The molecule has 1 saturated carbocycles. The molecule has 3 heteroatoms. The fourth-order valence-corrected chi connectivity index (χ4v) is 3.07. The van der Waals surface area contributed by atoms with Gasteiger partial charge in [-0.25, -0.2) is 4.98 Å². The summed E-state index contributed by atoms with van der Waals surface area (Å²) < 4.78 is 2.46. The molecule has 2 fully saturated rings. The van der Waals surface area contributed by atoms with Crippen LogP contribution in [0.25, 0.3) is 0 Å². The van der Waals surface area contributed by atoms with Crippen LogP contribution in [0.15, 0.2) is 12.5 Å². The van der Waals surface area contributed by atoms with E-state index in [-0.39, 0.29) is 0 Å². The topological polar surface area (TPSA) is 29.9 Å². The van der Waals surface area contributed by atoms with Gasteiger partial charge in [0.15, 0.2) is 0 Å². The minimum Gasteiger partial charge on any atom is -0.331 e. The third-order valence-corrected chi connectivity index (χ3v) is 4.08. The first kappa shape index (κ1) is 10.3. The molecule has 1 aromatic heterocycles. The Morgan fingerprint density at radius 3 is 3.25 bits per heavy atom. The Balaban J connectivity index is 1.73. The van der Waals surface area contributed by atoms with Gasteiger partial charge in [-0.05, 0) is 31.7 Å². The molecule has 3 nitrogen and oxygen atoms in total. The molecule has 2 aliphatic rings. The van der Waals surface area contributed by atoms with Crippen LogP contribution in [0.3, 0.4) is 0 Å². The van der Waals surface area contributed by atoms with Crippen molar-refractivity contribution in [1.82, 2.24) is 14.9 Å². The standard InChI is InChI=1S/C13H21N3/c1-2-3-10-6-12(10)16-9-15-8-13(16)11-4-5-14-7-11/h8-12,14H,2-7H2,1H3. The van der Waals surface area contributed by atoms with Crippen LogP contribution in [0.1, 0.15) is 50.3 Å². The van der Waals surface area contributed by atoms with E-state index < -0.39 is 0 Å². The maximum Gasteiger partial charge on any atom is 0.0950 e. The Labute approximate surface area is 97.3 Å². The lowest BCUT2D eigenvalue weighted by Gasteiger charge is -2.12. The quantitative estimate of drug-likeness (QED) is 0.842. The van der Waals surface area contributed by atoms with Gasteiger partial charge in [-0.15, -0.1) is 0 Å². The molecule has 16 heavy (non-hydrogen) atoms. The summed E-state index contributed by atoms with van der Waals surface area (Å²) >= 11 is 0. The molecule has 0 radical (unpaired) electrons. The third kappa shape index (κ3) is 1.77. The van der Waals surface area contributed by atoms with Crippen LogP contribution < -0.4 is 5.32 Å². The van der Waals surface area contributed by atoms with Crippen molar-refractivity contribution in [3.8, 4) is 0 Å². The van der Waals surface area contributed by atoms with E-state index in [4.69, 9.17) is 0 Å². The molecule has 1 aliphatic carbocycles. The summed E-state index contributed by atoms with van der Waals surface area (Å²) in [6.45, 7) is 4.58. The zero-order valence-electron chi connectivity index (χ0n) is 10.0. The molecule has 3 atom stereocenters. The highest BCUT2D eigenvalue weighted by Gasteiger charge is 2.39. The average Bonchev–Trinajstić information content (AvgIpc) is 2.76. The minimum absolute atomic E-state index is 0.699. The summed E-state index contributed by atoms with van der Waals surface area (Å²) in [6.07, 6.45) is 9.47. The Bertz CT molecular complexity index is 352. The van der Waals surface area contributed by atoms with Gasteiger partial charge < -0.3 is 9.88 Å².